The Bertz CT molecular complexity index is 506. The van der Waals surface area contributed by atoms with Crippen molar-refractivity contribution in [2.45, 2.75) is 45.1 Å². The molecule has 0 fully saturated rings. The summed E-state index contributed by atoms with van der Waals surface area (Å²) in [5, 5.41) is 0. The molecule has 100 valence electrons. The standard InChI is InChI=1S/C17H21NO/c1-13-11-12-14-7-5-6-10-16(14)18(13)17(19)15-8-3-2-4-9-15/h2-3,5-7,10,13,15H,4,8-9,11-12H2,1H3. The number of aryl methyl sites for hydroxylation is 1. The van der Waals surface area contributed by atoms with Crippen LogP contribution in [0.15, 0.2) is 36.4 Å². The van der Waals surface area contributed by atoms with E-state index in [1.54, 1.807) is 0 Å². The third kappa shape index (κ3) is 2.32. The summed E-state index contributed by atoms with van der Waals surface area (Å²) in [6.07, 6.45) is 9.46. The van der Waals surface area contributed by atoms with Gasteiger partial charge in [0.25, 0.3) is 0 Å². The van der Waals surface area contributed by atoms with Gasteiger partial charge in [0.05, 0.1) is 0 Å². The number of hydrogen-bond acceptors (Lipinski definition) is 1. The Morgan fingerprint density at radius 3 is 2.84 bits per heavy atom. The van der Waals surface area contributed by atoms with Crippen LogP contribution in [0.25, 0.3) is 0 Å². The molecule has 1 aromatic carbocycles. The molecule has 3 rings (SSSR count). The molecule has 1 aliphatic carbocycles. The molecule has 0 radical (unpaired) electrons. The molecule has 0 aromatic heterocycles. The van der Waals surface area contributed by atoms with Crippen molar-refractivity contribution < 1.29 is 4.79 Å². The predicted molar refractivity (Wildman–Crippen MR) is 78.2 cm³/mol. The summed E-state index contributed by atoms with van der Waals surface area (Å²) < 4.78 is 0. The van der Waals surface area contributed by atoms with Crippen LogP contribution in [0.3, 0.4) is 0 Å². The van der Waals surface area contributed by atoms with E-state index in [9.17, 15) is 4.79 Å². The normalized spacial score (nSPS) is 26.1. The summed E-state index contributed by atoms with van der Waals surface area (Å²) in [4.78, 5) is 14.9. The maximum absolute atomic E-state index is 12.8. The second-order valence-electron chi connectivity index (χ2n) is 5.71. The lowest BCUT2D eigenvalue weighted by atomic mass is 9.90. The lowest BCUT2D eigenvalue weighted by Crippen LogP contribution is -2.45. The fourth-order valence-electron chi connectivity index (χ4n) is 3.24. The molecule has 1 amide bonds. The third-order valence-corrected chi connectivity index (χ3v) is 4.38. The minimum atomic E-state index is 0.179. The van der Waals surface area contributed by atoms with Crippen LogP contribution in [-0.4, -0.2) is 11.9 Å². The van der Waals surface area contributed by atoms with Gasteiger partial charge in [-0.15, -0.1) is 0 Å². The fourth-order valence-corrected chi connectivity index (χ4v) is 3.24. The van der Waals surface area contributed by atoms with Crippen LogP contribution in [0, 0.1) is 5.92 Å². The zero-order valence-corrected chi connectivity index (χ0v) is 11.5. The minimum absolute atomic E-state index is 0.179. The number of nitrogens with zero attached hydrogens (tertiary/aromatic N) is 1. The average molecular weight is 255 g/mol. The van der Waals surface area contributed by atoms with Gasteiger partial charge >= 0.3 is 0 Å². The van der Waals surface area contributed by atoms with Crippen LogP contribution in [0.2, 0.25) is 0 Å². The first kappa shape index (κ1) is 12.5. The van der Waals surface area contributed by atoms with E-state index in [1.165, 1.54) is 5.56 Å². The molecule has 0 bridgehead atoms. The Balaban J connectivity index is 1.90. The molecule has 0 spiro atoms. The predicted octanol–water partition coefficient (Wildman–Crippen LogP) is 3.71. The maximum atomic E-state index is 12.8. The molecule has 0 saturated carbocycles. The number of hydrogen-bond donors (Lipinski definition) is 0. The molecule has 2 atom stereocenters. The summed E-state index contributed by atoms with van der Waals surface area (Å²) >= 11 is 0. The van der Waals surface area contributed by atoms with E-state index in [0.717, 1.165) is 37.8 Å². The molecule has 1 aromatic rings. The zero-order valence-electron chi connectivity index (χ0n) is 11.5. The Morgan fingerprint density at radius 1 is 1.21 bits per heavy atom. The first-order valence-corrected chi connectivity index (χ1v) is 7.33. The van der Waals surface area contributed by atoms with Crippen molar-refractivity contribution in [1.82, 2.24) is 0 Å². The monoisotopic (exact) mass is 255 g/mol. The average Bonchev–Trinajstić information content (AvgIpc) is 2.47. The van der Waals surface area contributed by atoms with Crippen LogP contribution in [-0.2, 0) is 11.2 Å². The van der Waals surface area contributed by atoms with Crippen molar-refractivity contribution in [2.75, 3.05) is 4.90 Å². The molecular weight excluding hydrogens is 234 g/mol. The third-order valence-electron chi connectivity index (χ3n) is 4.38. The number of rotatable bonds is 1. The van der Waals surface area contributed by atoms with Crippen molar-refractivity contribution in [3.63, 3.8) is 0 Å². The van der Waals surface area contributed by atoms with E-state index < -0.39 is 0 Å². The van der Waals surface area contributed by atoms with Crippen molar-refractivity contribution >= 4 is 11.6 Å². The lowest BCUT2D eigenvalue weighted by molar-refractivity contribution is -0.123. The summed E-state index contributed by atoms with van der Waals surface area (Å²) in [5.41, 5.74) is 2.46. The quantitative estimate of drug-likeness (QED) is 0.700. The molecule has 1 heterocycles. The van der Waals surface area contributed by atoms with Crippen molar-refractivity contribution in [3.05, 3.63) is 42.0 Å². The van der Waals surface area contributed by atoms with Gasteiger partial charge in [0.1, 0.15) is 0 Å². The molecule has 2 unspecified atom stereocenters. The number of allylic oxidation sites excluding steroid dienone is 2. The molecule has 2 heteroatoms. The smallest absolute Gasteiger partial charge is 0.230 e. The summed E-state index contributed by atoms with van der Waals surface area (Å²) in [5.74, 6) is 0.502. The molecule has 2 nitrogen and oxygen atoms in total. The van der Waals surface area contributed by atoms with Gasteiger partial charge in [-0.3, -0.25) is 4.79 Å². The molecule has 2 aliphatic rings. The number of benzene rings is 1. The molecule has 1 aliphatic heterocycles. The molecular formula is C17H21NO. The number of carbonyl (C=O) groups excluding carboxylic acids is 1. The van der Waals surface area contributed by atoms with Crippen LogP contribution in [0.5, 0.6) is 0 Å². The van der Waals surface area contributed by atoms with Crippen LogP contribution in [0.4, 0.5) is 5.69 Å². The van der Waals surface area contributed by atoms with Crippen LogP contribution < -0.4 is 4.90 Å². The molecule has 19 heavy (non-hydrogen) atoms. The number of carbonyl (C=O) groups is 1. The first-order valence-electron chi connectivity index (χ1n) is 7.33. The highest BCUT2D eigenvalue weighted by Crippen LogP contribution is 2.33. The second kappa shape index (κ2) is 5.20. The molecule has 0 saturated heterocycles. The van der Waals surface area contributed by atoms with Gasteiger partial charge in [-0.05, 0) is 50.7 Å². The van der Waals surface area contributed by atoms with E-state index in [-0.39, 0.29) is 5.92 Å². The van der Waals surface area contributed by atoms with Gasteiger partial charge in [-0.25, -0.2) is 0 Å². The second-order valence-corrected chi connectivity index (χ2v) is 5.71. The van der Waals surface area contributed by atoms with Gasteiger partial charge < -0.3 is 4.90 Å². The Morgan fingerprint density at radius 2 is 2.05 bits per heavy atom. The van der Waals surface area contributed by atoms with Gasteiger partial charge in [0.2, 0.25) is 5.91 Å². The highest BCUT2D eigenvalue weighted by molar-refractivity contribution is 5.96. The van der Waals surface area contributed by atoms with Crippen molar-refractivity contribution in [3.8, 4) is 0 Å². The van der Waals surface area contributed by atoms with Gasteiger partial charge in [-0.1, -0.05) is 30.4 Å². The number of para-hydroxylation sites is 1. The molecule has 0 N–H and O–H groups in total. The number of amides is 1. The Kier molecular flexibility index (Phi) is 3.41. The summed E-state index contributed by atoms with van der Waals surface area (Å²) in [7, 11) is 0. The van der Waals surface area contributed by atoms with Crippen LogP contribution >= 0.6 is 0 Å². The van der Waals surface area contributed by atoms with Crippen molar-refractivity contribution in [2.24, 2.45) is 5.92 Å². The van der Waals surface area contributed by atoms with Gasteiger partial charge in [0.15, 0.2) is 0 Å². The SMILES string of the molecule is CC1CCc2ccccc2N1C(=O)C1CC=CCC1. The van der Waals surface area contributed by atoms with E-state index in [4.69, 9.17) is 0 Å². The highest BCUT2D eigenvalue weighted by atomic mass is 16.2. The Hall–Kier alpha value is -1.57. The summed E-state index contributed by atoms with van der Waals surface area (Å²) in [6, 6.07) is 8.69. The van der Waals surface area contributed by atoms with Gasteiger partial charge in [0, 0.05) is 17.6 Å². The lowest BCUT2D eigenvalue weighted by Gasteiger charge is -2.37. The topological polar surface area (TPSA) is 20.3 Å². The van der Waals surface area contributed by atoms with Gasteiger partial charge in [-0.2, -0.15) is 0 Å². The van der Waals surface area contributed by atoms with E-state index in [2.05, 4.69) is 42.2 Å². The minimum Gasteiger partial charge on any atom is -0.309 e. The number of anilines is 1. The highest BCUT2D eigenvalue weighted by Gasteiger charge is 2.32. The maximum Gasteiger partial charge on any atom is 0.230 e. The fraction of sp³-hybridized carbons (Fsp3) is 0.471. The summed E-state index contributed by atoms with van der Waals surface area (Å²) in [6.45, 7) is 2.17. The van der Waals surface area contributed by atoms with Crippen LogP contribution in [0.1, 0.15) is 38.2 Å². The van der Waals surface area contributed by atoms with Crippen molar-refractivity contribution in [1.29, 1.82) is 0 Å². The first-order chi connectivity index (χ1) is 9.27. The van der Waals surface area contributed by atoms with E-state index in [0.29, 0.717) is 11.9 Å². The number of fused-ring (bicyclic) bond motifs is 1. The van der Waals surface area contributed by atoms with E-state index in [1.807, 2.05) is 6.07 Å². The zero-order chi connectivity index (χ0) is 13.2. The largest absolute Gasteiger partial charge is 0.309 e. The Labute approximate surface area is 115 Å². The van der Waals surface area contributed by atoms with E-state index >= 15 is 0 Å².